The lowest BCUT2D eigenvalue weighted by atomic mass is 9.89. The summed E-state index contributed by atoms with van der Waals surface area (Å²) in [6.07, 6.45) is 2.23. The Labute approximate surface area is 183 Å². The summed E-state index contributed by atoms with van der Waals surface area (Å²) in [5.41, 5.74) is 1.49. The summed E-state index contributed by atoms with van der Waals surface area (Å²) in [5, 5.41) is 2.62. The minimum atomic E-state index is -3.04. The van der Waals surface area contributed by atoms with Gasteiger partial charge in [0, 0.05) is 42.7 Å². The Kier molecular flexibility index (Phi) is 5.95. The minimum Gasteiger partial charge on any atom is -0.360 e. The van der Waals surface area contributed by atoms with Crippen molar-refractivity contribution in [3.63, 3.8) is 0 Å². The lowest BCUT2D eigenvalue weighted by Crippen LogP contribution is -2.51. The van der Waals surface area contributed by atoms with E-state index in [2.05, 4.69) is 10.3 Å². The van der Waals surface area contributed by atoms with E-state index >= 15 is 0 Å². The highest BCUT2D eigenvalue weighted by atomic mass is 19.3. The molecular formula is C24H24F3N3O2. The van der Waals surface area contributed by atoms with Crippen LogP contribution in [0, 0.1) is 5.82 Å². The largest absolute Gasteiger partial charge is 0.360 e. The van der Waals surface area contributed by atoms with Crippen LogP contribution in [0.25, 0.3) is 10.9 Å². The lowest BCUT2D eigenvalue weighted by molar-refractivity contribution is -0.0984. The second kappa shape index (κ2) is 8.68. The van der Waals surface area contributed by atoms with Crippen molar-refractivity contribution < 1.29 is 22.8 Å². The van der Waals surface area contributed by atoms with Crippen LogP contribution in [-0.2, 0) is 6.54 Å². The van der Waals surface area contributed by atoms with Gasteiger partial charge in [0.15, 0.2) is 0 Å². The molecule has 168 valence electrons. The highest BCUT2D eigenvalue weighted by molar-refractivity contribution is 6.07. The van der Waals surface area contributed by atoms with Gasteiger partial charge >= 0.3 is 0 Å². The Morgan fingerprint density at radius 2 is 1.91 bits per heavy atom. The first-order valence-corrected chi connectivity index (χ1v) is 10.6. The molecule has 0 bridgehead atoms. The van der Waals surface area contributed by atoms with Crippen LogP contribution < -0.4 is 5.32 Å². The molecule has 1 saturated carbocycles. The number of alkyl halides is 2. The fourth-order valence-corrected chi connectivity index (χ4v) is 4.35. The number of rotatable bonds is 5. The summed E-state index contributed by atoms with van der Waals surface area (Å²) in [5.74, 6) is -4.54. The van der Waals surface area contributed by atoms with Gasteiger partial charge in [-0.15, -0.1) is 0 Å². The maximum atomic E-state index is 14.9. The third-order valence-electron chi connectivity index (χ3n) is 6.04. The molecule has 1 aliphatic rings. The molecule has 2 amide bonds. The van der Waals surface area contributed by atoms with Gasteiger partial charge in [0.2, 0.25) is 0 Å². The monoisotopic (exact) mass is 443 g/mol. The van der Waals surface area contributed by atoms with Gasteiger partial charge in [-0.2, -0.15) is 0 Å². The van der Waals surface area contributed by atoms with E-state index in [4.69, 9.17) is 0 Å². The molecule has 5 nitrogen and oxygen atoms in total. The van der Waals surface area contributed by atoms with Gasteiger partial charge in [-0.3, -0.25) is 9.59 Å². The van der Waals surface area contributed by atoms with Crippen molar-refractivity contribution in [1.29, 1.82) is 0 Å². The Balaban J connectivity index is 1.72. The predicted molar refractivity (Wildman–Crippen MR) is 115 cm³/mol. The van der Waals surface area contributed by atoms with Crippen molar-refractivity contribution in [3.8, 4) is 0 Å². The molecule has 3 aromatic rings. The van der Waals surface area contributed by atoms with E-state index in [9.17, 15) is 22.8 Å². The number of carbonyl (C=O) groups is 2. The first-order valence-electron chi connectivity index (χ1n) is 10.6. The summed E-state index contributed by atoms with van der Waals surface area (Å²) in [6.45, 7) is -0.0752. The first-order chi connectivity index (χ1) is 15.3. The number of nitrogens with zero attached hydrogens (tertiary/aromatic N) is 1. The van der Waals surface area contributed by atoms with Crippen LogP contribution in [0.4, 0.5) is 13.2 Å². The summed E-state index contributed by atoms with van der Waals surface area (Å²) in [7, 11) is 1.52. The quantitative estimate of drug-likeness (QED) is 0.590. The molecule has 1 fully saturated rings. The Morgan fingerprint density at radius 1 is 1.16 bits per heavy atom. The molecule has 32 heavy (non-hydrogen) atoms. The van der Waals surface area contributed by atoms with E-state index in [-0.39, 0.29) is 36.2 Å². The summed E-state index contributed by atoms with van der Waals surface area (Å²) in [6, 6.07) is 9.55. The van der Waals surface area contributed by atoms with Crippen LogP contribution in [0.3, 0.4) is 0 Å². The zero-order valence-corrected chi connectivity index (χ0v) is 17.6. The molecule has 0 saturated heterocycles. The third kappa shape index (κ3) is 4.09. The summed E-state index contributed by atoms with van der Waals surface area (Å²) < 4.78 is 44.3. The van der Waals surface area contributed by atoms with E-state index in [1.54, 1.807) is 30.3 Å². The number of aromatic amines is 1. The van der Waals surface area contributed by atoms with Gasteiger partial charge in [-0.05, 0) is 42.7 Å². The second-order valence-electron chi connectivity index (χ2n) is 8.10. The van der Waals surface area contributed by atoms with E-state index < -0.39 is 23.7 Å². The number of aromatic nitrogens is 1. The number of amides is 2. The van der Waals surface area contributed by atoms with Crippen LogP contribution in [0.15, 0.2) is 48.7 Å². The zero-order valence-electron chi connectivity index (χ0n) is 17.6. The fourth-order valence-electron chi connectivity index (χ4n) is 4.35. The molecule has 1 heterocycles. The van der Waals surface area contributed by atoms with Gasteiger partial charge < -0.3 is 15.2 Å². The maximum absolute atomic E-state index is 14.9. The van der Waals surface area contributed by atoms with Crippen molar-refractivity contribution >= 4 is 22.7 Å². The van der Waals surface area contributed by atoms with Crippen LogP contribution >= 0.6 is 0 Å². The van der Waals surface area contributed by atoms with Crippen molar-refractivity contribution in [2.45, 2.75) is 44.2 Å². The Bertz CT molecular complexity index is 1140. The number of fused-ring (bicyclic) bond motifs is 1. The number of H-pyrrole nitrogens is 1. The van der Waals surface area contributed by atoms with E-state index in [1.165, 1.54) is 25.4 Å². The molecule has 0 radical (unpaired) electrons. The SMILES string of the molecule is CNC(=O)c1ccc(CN(C(=O)c2c[nH]c3cccc(F)c23)C2CCCCC2(F)F)cc1. The summed E-state index contributed by atoms with van der Waals surface area (Å²) in [4.78, 5) is 29.3. The molecule has 2 aromatic carbocycles. The fraction of sp³-hybridized carbons (Fsp3) is 0.333. The first kappa shape index (κ1) is 21.9. The molecule has 1 atom stereocenters. The average Bonchev–Trinajstić information content (AvgIpc) is 3.22. The highest BCUT2D eigenvalue weighted by Gasteiger charge is 2.46. The van der Waals surface area contributed by atoms with Gasteiger partial charge in [-0.1, -0.05) is 24.6 Å². The molecule has 1 aromatic heterocycles. The molecule has 0 aliphatic heterocycles. The van der Waals surface area contributed by atoms with Crippen molar-refractivity contribution in [1.82, 2.24) is 15.2 Å². The molecular weight excluding hydrogens is 419 g/mol. The minimum absolute atomic E-state index is 0.0291. The standard InChI is InChI=1S/C24H24F3N3O2/c1-28-22(31)16-10-8-15(9-11-16)14-30(20-7-2-3-12-24(20,26)27)23(32)17-13-29-19-6-4-5-18(25)21(17)19/h4-6,8-11,13,20,29H,2-3,7,12,14H2,1H3,(H,28,31). The Morgan fingerprint density at radius 3 is 2.59 bits per heavy atom. The average molecular weight is 443 g/mol. The van der Waals surface area contributed by atoms with E-state index in [0.717, 1.165) is 4.90 Å². The number of hydrogen-bond acceptors (Lipinski definition) is 2. The van der Waals surface area contributed by atoms with Gasteiger partial charge in [0.1, 0.15) is 5.82 Å². The molecule has 2 N–H and O–H groups in total. The van der Waals surface area contributed by atoms with Crippen molar-refractivity contribution in [2.75, 3.05) is 7.05 Å². The van der Waals surface area contributed by atoms with Crippen LogP contribution in [0.2, 0.25) is 0 Å². The topological polar surface area (TPSA) is 65.2 Å². The molecule has 8 heteroatoms. The zero-order chi connectivity index (χ0) is 22.9. The number of nitrogens with one attached hydrogen (secondary N) is 2. The maximum Gasteiger partial charge on any atom is 0.268 e. The van der Waals surface area contributed by atoms with Crippen LogP contribution in [-0.4, -0.2) is 40.7 Å². The van der Waals surface area contributed by atoms with Gasteiger partial charge in [-0.25, -0.2) is 13.2 Å². The van der Waals surface area contributed by atoms with Crippen LogP contribution in [0.1, 0.15) is 52.0 Å². The lowest BCUT2D eigenvalue weighted by Gasteiger charge is -2.39. The van der Waals surface area contributed by atoms with Gasteiger partial charge in [0.05, 0.1) is 11.6 Å². The van der Waals surface area contributed by atoms with Crippen LogP contribution in [0.5, 0.6) is 0 Å². The normalized spacial score (nSPS) is 17.8. The number of benzene rings is 2. The third-order valence-corrected chi connectivity index (χ3v) is 6.04. The van der Waals surface area contributed by atoms with Crippen molar-refractivity contribution in [3.05, 3.63) is 71.2 Å². The summed E-state index contributed by atoms with van der Waals surface area (Å²) >= 11 is 0. The highest BCUT2D eigenvalue weighted by Crippen LogP contribution is 2.38. The van der Waals surface area contributed by atoms with E-state index in [0.29, 0.717) is 29.5 Å². The molecule has 4 rings (SSSR count). The second-order valence-corrected chi connectivity index (χ2v) is 8.10. The van der Waals surface area contributed by atoms with E-state index in [1.807, 2.05) is 0 Å². The number of hydrogen-bond donors (Lipinski definition) is 2. The smallest absolute Gasteiger partial charge is 0.268 e. The molecule has 1 aliphatic carbocycles. The molecule has 1 unspecified atom stereocenters. The van der Waals surface area contributed by atoms with Crippen molar-refractivity contribution in [2.24, 2.45) is 0 Å². The predicted octanol–water partition coefficient (Wildman–Crippen LogP) is 4.89. The number of halogens is 3. The molecule has 0 spiro atoms. The number of carbonyl (C=O) groups excluding carboxylic acids is 2. The van der Waals surface area contributed by atoms with Gasteiger partial charge in [0.25, 0.3) is 17.7 Å². The Hall–Kier alpha value is -3.29.